The number of halogens is 1. The molecule has 192 valence electrons. The summed E-state index contributed by atoms with van der Waals surface area (Å²) in [7, 11) is 0. The Balaban J connectivity index is 1.13. The van der Waals surface area contributed by atoms with Gasteiger partial charge in [0.2, 0.25) is 5.28 Å². The number of furan rings is 2. The summed E-state index contributed by atoms with van der Waals surface area (Å²) in [4.78, 5) is 39.6. The van der Waals surface area contributed by atoms with Crippen LogP contribution in [0.3, 0.4) is 0 Å². The van der Waals surface area contributed by atoms with Gasteiger partial charge in [0.15, 0.2) is 17.2 Å². The molecule has 0 unspecified atom stereocenters. The monoisotopic (exact) mass is 524 g/mol. The number of anilines is 1. The number of morpholine rings is 1. The second-order valence-electron chi connectivity index (χ2n) is 9.11. The average Bonchev–Trinajstić information content (AvgIpc) is 3.52. The second kappa shape index (κ2) is 9.66. The Morgan fingerprint density at radius 2 is 1.76 bits per heavy atom. The molecule has 2 aliphatic heterocycles. The number of rotatable bonds is 5. The van der Waals surface area contributed by atoms with Crippen LogP contribution in [0.5, 0.6) is 0 Å². The highest BCUT2D eigenvalue weighted by Crippen LogP contribution is 2.30. The summed E-state index contributed by atoms with van der Waals surface area (Å²) < 4.78 is 17.4. The van der Waals surface area contributed by atoms with Crippen molar-refractivity contribution in [1.29, 1.82) is 0 Å². The van der Waals surface area contributed by atoms with Gasteiger partial charge in [0, 0.05) is 50.7 Å². The van der Waals surface area contributed by atoms with Crippen molar-refractivity contribution in [2.24, 2.45) is 5.73 Å². The van der Waals surface area contributed by atoms with Crippen molar-refractivity contribution in [2.45, 2.75) is 6.54 Å². The Morgan fingerprint density at radius 3 is 2.51 bits per heavy atom. The van der Waals surface area contributed by atoms with Crippen LogP contribution in [0.15, 0.2) is 39.2 Å². The maximum absolute atomic E-state index is 13.1. The number of hydrogen-bond donors (Lipinski definition) is 1. The van der Waals surface area contributed by atoms with E-state index in [4.69, 9.17) is 30.9 Å². The normalized spacial score (nSPS) is 17.1. The van der Waals surface area contributed by atoms with Crippen molar-refractivity contribution in [3.05, 3.63) is 52.7 Å². The van der Waals surface area contributed by atoms with Gasteiger partial charge < -0.3 is 29.1 Å². The van der Waals surface area contributed by atoms with Gasteiger partial charge in [0.1, 0.15) is 16.9 Å². The topological polar surface area (TPSA) is 131 Å². The Hall–Kier alpha value is -3.67. The summed E-state index contributed by atoms with van der Waals surface area (Å²) in [6.45, 7) is 5.64. The minimum absolute atomic E-state index is 0.182. The number of benzene rings is 1. The van der Waals surface area contributed by atoms with Crippen LogP contribution in [0.25, 0.3) is 22.1 Å². The predicted octanol–water partition coefficient (Wildman–Crippen LogP) is 2.52. The van der Waals surface area contributed by atoms with Gasteiger partial charge in [-0.3, -0.25) is 14.5 Å². The predicted molar refractivity (Wildman–Crippen MR) is 136 cm³/mol. The maximum Gasteiger partial charge on any atom is 0.289 e. The molecule has 0 radical (unpaired) electrons. The van der Waals surface area contributed by atoms with Crippen molar-refractivity contribution in [3.63, 3.8) is 0 Å². The van der Waals surface area contributed by atoms with E-state index in [2.05, 4.69) is 19.8 Å². The van der Waals surface area contributed by atoms with Crippen molar-refractivity contribution in [1.82, 2.24) is 19.8 Å². The van der Waals surface area contributed by atoms with Crippen molar-refractivity contribution in [2.75, 3.05) is 57.4 Å². The first-order chi connectivity index (χ1) is 18.0. The van der Waals surface area contributed by atoms with Gasteiger partial charge in [-0.25, -0.2) is 4.98 Å². The van der Waals surface area contributed by atoms with Crippen molar-refractivity contribution in [3.8, 4) is 0 Å². The standard InChI is InChI=1S/C25H25ClN6O5/c26-25-28-18-13-16(36-21(18)23(29-25)31-8-10-35-11-9-31)14-30-4-6-32(7-5-30)24(34)19-12-15-2-1-3-17(22(27)33)20(15)37-19/h1-3,12-13H,4-11,14H2,(H2,27,33). The summed E-state index contributed by atoms with van der Waals surface area (Å²) in [5.74, 6) is 0.835. The Morgan fingerprint density at radius 1 is 0.973 bits per heavy atom. The molecule has 0 atom stereocenters. The van der Waals surface area contributed by atoms with Gasteiger partial charge in [0.25, 0.3) is 11.8 Å². The molecule has 0 spiro atoms. The van der Waals surface area contributed by atoms with Crippen molar-refractivity contribution >= 4 is 51.3 Å². The largest absolute Gasteiger partial charge is 0.454 e. The molecular formula is C25H25ClN6O5. The zero-order valence-electron chi connectivity index (χ0n) is 20.0. The Bertz CT molecular complexity index is 1490. The fraction of sp³-hybridized carbons (Fsp3) is 0.360. The molecule has 0 bridgehead atoms. The first-order valence-electron chi connectivity index (χ1n) is 12.1. The summed E-state index contributed by atoms with van der Waals surface area (Å²) in [6.07, 6.45) is 0. The summed E-state index contributed by atoms with van der Waals surface area (Å²) in [5, 5.41) is 0.852. The van der Waals surface area contributed by atoms with Crippen LogP contribution in [0, 0.1) is 0 Å². The van der Waals surface area contributed by atoms with Gasteiger partial charge in [-0.05, 0) is 23.7 Å². The van der Waals surface area contributed by atoms with Crippen LogP contribution in [0.2, 0.25) is 5.28 Å². The van der Waals surface area contributed by atoms with Gasteiger partial charge in [0.05, 0.1) is 25.3 Å². The molecular weight excluding hydrogens is 500 g/mol. The molecule has 2 fully saturated rings. The van der Waals surface area contributed by atoms with E-state index in [1.54, 1.807) is 29.2 Å². The zero-order valence-corrected chi connectivity index (χ0v) is 20.7. The first kappa shape index (κ1) is 23.7. The molecule has 12 heteroatoms. The lowest BCUT2D eigenvalue weighted by Gasteiger charge is -2.33. The van der Waals surface area contributed by atoms with Gasteiger partial charge in [-0.15, -0.1) is 0 Å². The van der Waals surface area contributed by atoms with E-state index >= 15 is 0 Å². The SMILES string of the molecule is NC(=O)c1cccc2cc(C(=O)N3CCN(Cc4cc5nc(Cl)nc(N6CCOCC6)c5o4)CC3)oc12. The highest BCUT2D eigenvalue weighted by Gasteiger charge is 2.27. The lowest BCUT2D eigenvalue weighted by Crippen LogP contribution is -2.48. The molecule has 4 aromatic rings. The molecule has 37 heavy (non-hydrogen) atoms. The number of nitrogens with zero attached hydrogens (tertiary/aromatic N) is 5. The van der Waals surface area contributed by atoms with Gasteiger partial charge >= 0.3 is 0 Å². The van der Waals surface area contributed by atoms with E-state index in [0.29, 0.717) is 86.9 Å². The van der Waals surface area contributed by atoms with Crippen LogP contribution in [-0.2, 0) is 11.3 Å². The fourth-order valence-corrected chi connectivity index (χ4v) is 5.02. The van der Waals surface area contributed by atoms with Crippen molar-refractivity contribution < 1.29 is 23.2 Å². The first-order valence-corrected chi connectivity index (χ1v) is 12.5. The average molecular weight is 525 g/mol. The zero-order chi connectivity index (χ0) is 25.5. The summed E-state index contributed by atoms with van der Waals surface area (Å²) >= 11 is 6.19. The lowest BCUT2D eigenvalue weighted by molar-refractivity contribution is 0.0592. The highest BCUT2D eigenvalue weighted by atomic mass is 35.5. The van der Waals surface area contributed by atoms with E-state index in [-0.39, 0.29) is 22.5 Å². The number of para-hydroxylation sites is 1. The number of piperazine rings is 1. The third-order valence-electron chi connectivity index (χ3n) is 6.75. The van der Waals surface area contributed by atoms with Crippen LogP contribution < -0.4 is 10.6 Å². The van der Waals surface area contributed by atoms with Gasteiger partial charge in [-0.1, -0.05) is 12.1 Å². The lowest BCUT2D eigenvalue weighted by atomic mass is 10.1. The van der Waals surface area contributed by atoms with Crippen LogP contribution in [0.1, 0.15) is 26.7 Å². The number of fused-ring (bicyclic) bond motifs is 2. The summed E-state index contributed by atoms with van der Waals surface area (Å²) in [5.41, 5.74) is 7.32. The maximum atomic E-state index is 13.1. The molecule has 1 aromatic carbocycles. The number of aromatic nitrogens is 2. The van der Waals surface area contributed by atoms with E-state index in [1.807, 2.05) is 6.07 Å². The summed E-state index contributed by atoms with van der Waals surface area (Å²) in [6, 6.07) is 8.64. The highest BCUT2D eigenvalue weighted by molar-refractivity contribution is 6.28. The van der Waals surface area contributed by atoms with Crippen LogP contribution in [-0.4, -0.2) is 84.1 Å². The minimum Gasteiger partial charge on any atom is -0.454 e. The number of carbonyl (C=O) groups excluding carboxylic acids is 2. The molecule has 0 aliphatic carbocycles. The molecule has 2 saturated heterocycles. The third kappa shape index (κ3) is 4.61. The number of ether oxygens (including phenoxy) is 1. The molecule has 3 aromatic heterocycles. The van der Waals surface area contributed by atoms with Gasteiger partial charge in [-0.2, -0.15) is 4.98 Å². The molecule has 2 aliphatic rings. The molecule has 0 saturated carbocycles. The number of nitrogens with two attached hydrogens (primary N) is 1. The molecule has 11 nitrogen and oxygen atoms in total. The number of carbonyl (C=O) groups is 2. The smallest absolute Gasteiger partial charge is 0.289 e. The second-order valence-corrected chi connectivity index (χ2v) is 9.45. The molecule has 2 N–H and O–H groups in total. The number of primary amides is 1. The Kier molecular flexibility index (Phi) is 6.19. The molecule has 6 rings (SSSR count). The third-order valence-corrected chi connectivity index (χ3v) is 6.92. The fourth-order valence-electron chi connectivity index (χ4n) is 4.85. The molecule has 2 amide bonds. The Labute approximate surface area is 216 Å². The number of hydrogen-bond acceptors (Lipinski definition) is 9. The number of amides is 2. The quantitative estimate of drug-likeness (QED) is 0.391. The van der Waals surface area contributed by atoms with E-state index in [9.17, 15) is 9.59 Å². The van der Waals surface area contributed by atoms with E-state index < -0.39 is 5.91 Å². The minimum atomic E-state index is -0.594. The molecule has 5 heterocycles. The van der Waals surface area contributed by atoms with Crippen LogP contribution >= 0.6 is 11.6 Å². The van der Waals surface area contributed by atoms with Crippen LogP contribution in [0.4, 0.5) is 5.82 Å². The van der Waals surface area contributed by atoms with E-state index in [1.165, 1.54) is 0 Å². The van der Waals surface area contributed by atoms with E-state index in [0.717, 1.165) is 5.76 Å².